The van der Waals surface area contributed by atoms with Gasteiger partial charge in [0.25, 0.3) is 0 Å². The molecule has 0 nitrogen and oxygen atoms in total. The number of hydrogen-bond acceptors (Lipinski definition) is 0. The normalized spacial score (nSPS) is 7.38. The van der Waals surface area contributed by atoms with Crippen LogP contribution in [0.25, 0.3) is 0 Å². The number of aryl methyl sites for hydroxylation is 2. The van der Waals surface area contributed by atoms with Crippen LogP contribution in [0.1, 0.15) is 31.4 Å². The predicted octanol–water partition coefficient (Wildman–Crippen LogP) is 4.52. The van der Waals surface area contributed by atoms with Gasteiger partial charge in [-0.15, -0.1) is 13.2 Å². The van der Waals surface area contributed by atoms with E-state index >= 15 is 0 Å². The lowest BCUT2D eigenvalue weighted by Gasteiger charge is -1.93. The molecule has 0 bridgehead atoms. The fourth-order valence-corrected chi connectivity index (χ4v) is 0.663. The average molecular weight is 178 g/mol. The topological polar surface area (TPSA) is 0 Å². The summed E-state index contributed by atoms with van der Waals surface area (Å²) in [6.45, 7) is 14.5. The molecule has 1 aromatic carbocycles. The Morgan fingerprint density at radius 2 is 1.15 bits per heavy atom. The molecule has 0 spiro atoms. The lowest BCUT2D eigenvalue weighted by atomic mass is 10.1. The van der Waals surface area contributed by atoms with Crippen LogP contribution in [0.5, 0.6) is 0 Å². The Morgan fingerprint density at radius 3 is 1.31 bits per heavy atom. The molecular weight excluding hydrogens is 156 g/mol. The van der Waals surface area contributed by atoms with Gasteiger partial charge in [-0.2, -0.15) is 0 Å². The SMILES string of the molecule is C=C.CCC.Cc1ccccc1C. The van der Waals surface area contributed by atoms with Gasteiger partial charge in [-0.1, -0.05) is 44.5 Å². The lowest BCUT2D eigenvalue weighted by Crippen LogP contribution is -1.74. The van der Waals surface area contributed by atoms with Gasteiger partial charge in [0.2, 0.25) is 0 Å². The molecule has 0 saturated carbocycles. The Morgan fingerprint density at radius 1 is 0.923 bits per heavy atom. The highest BCUT2D eigenvalue weighted by Crippen LogP contribution is 2.02. The van der Waals surface area contributed by atoms with Gasteiger partial charge in [0, 0.05) is 0 Å². The van der Waals surface area contributed by atoms with Crippen LogP contribution in [-0.4, -0.2) is 0 Å². The van der Waals surface area contributed by atoms with Crippen LogP contribution in [0.3, 0.4) is 0 Å². The van der Waals surface area contributed by atoms with E-state index in [0.717, 1.165) is 0 Å². The maximum absolute atomic E-state index is 3.00. The Labute approximate surface area is 83.3 Å². The van der Waals surface area contributed by atoms with E-state index in [0.29, 0.717) is 0 Å². The average Bonchev–Trinajstić information content (AvgIpc) is 2.15. The zero-order valence-corrected chi connectivity index (χ0v) is 9.43. The van der Waals surface area contributed by atoms with Crippen LogP contribution >= 0.6 is 0 Å². The molecule has 0 radical (unpaired) electrons. The summed E-state index contributed by atoms with van der Waals surface area (Å²) in [6, 6.07) is 8.36. The molecule has 13 heavy (non-hydrogen) atoms. The first-order chi connectivity index (χ1) is 6.22. The van der Waals surface area contributed by atoms with Crippen molar-refractivity contribution in [1.29, 1.82) is 0 Å². The number of hydrogen-bond donors (Lipinski definition) is 0. The minimum absolute atomic E-state index is 1.25. The third-order valence-corrected chi connectivity index (χ3v) is 1.43. The van der Waals surface area contributed by atoms with Gasteiger partial charge in [-0.05, 0) is 25.0 Å². The molecule has 0 aliphatic rings. The van der Waals surface area contributed by atoms with E-state index in [9.17, 15) is 0 Å². The van der Waals surface area contributed by atoms with Crippen molar-refractivity contribution < 1.29 is 0 Å². The van der Waals surface area contributed by atoms with Crippen molar-refractivity contribution in [2.45, 2.75) is 34.1 Å². The van der Waals surface area contributed by atoms with Gasteiger partial charge in [0.15, 0.2) is 0 Å². The van der Waals surface area contributed by atoms with Gasteiger partial charge in [0.1, 0.15) is 0 Å². The van der Waals surface area contributed by atoms with E-state index in [4.69, 9.17) is 0 Å². The first-order valence-electron chi connectivity index (χ1n) is 4.74. The van der Waals surface area contributed by atoms with E-state index in [1.807, 2.05) is 0 Å². The van der Waals surface area contributed by atoms with Crippen molar-refractivity contribution in [1.82, 2.24) is 0 Å². The molecule has 0 aliphatic heterocycles. The van der Waals surface area contributed by atoms with Gasteiger partial charge >= 0.3 is 0 Å². The maximum atomic E-state index is 3.00. The van der Waals surface area contributed by atoms with Crippen LogP contribution < -0.4 is 0 Å². The standard InChI is InChI=1S/C8H10.C3H8.C2H4/c1-7-5-3-4-6-8(7)2;1-3-2;1-2/h3-6H,1-2H3;3H2,1-2H3;1-2H2. The Kier molecular flexibility index (Phi) is 12.2. The van der Waals surface area contributed by atoms with Crippen molar-refractivity contribution >= 4 is 0 Å². The fourth-order valence-electron chi connectivity index (χ4n) is 0.663. The molecule has 0 aliphatic carbocycles. The quantitative estimate of drug-likeness (QED) is 0.512. The molecular formula is C13H22. The van der Waals surface area contributed by atoms with Gasteiger partial charge in [0.05, 0.1) is 0 Å². The van der Waals surface area contributed by atoms with E-state index in [2.05, 4.69) is 65.1 Å². The van der Waals surface area contributed by atoms with E-state index in [1.165, 1.54) is 17.5 Å². The first kappa shape index (κ1) is 14.5. The van der Waals surface area contributed by atoms with Crippen molar-refractivity contribution in [3.05, 3.63) is 48.6 Å². The van der Waals surface area contributed by atoms with Crippen LogP contribution in [0.15, 0.2) is 37.4 Å². The van der Waals surface area contributed by atoms with Crippen LogP contribution in [-0.2, 0) is 0 Å². The molecule has 0 fully saturated rings. The number of rotatable bonds is 0. The molecule has 74 valence electrons. The van der Waals surface area contributed by atoms with E-state index in [-0.39, 0.29) is 0 Å². The van der Waals surface area contributed by atoms with Gasteiger partial charge < -0.3 is 0 Å². The molecule has 1 rings (SSSR count). The predicted molar refractivity (Wildman–Crippen MR) is 63.1 cm³/mol. The smallest absolute Gasteiger partial charge is 0.0395 e. The monoisotopic (exact) mass is 178 g/mol. The third kappa shape index (κ3) is 8.87. The second kappa shape index (κ2) is 11.0. The molecule has 0 amide bonds. The fraction of sp³-hybridized carbons (Fsp3) is 0.385. The zero-order chi connectivity index (χ0) is 10.7. The highest BCUT2D eigenvalue weighted by molar-refractivity contribution is 5.23. The van der Waals surface area contributed by atoms with Crippen LogP contribution in [0.4, 0.5) is 0 Å². The molecule has 0 aromatic heterocycles. The van der Waals surface area contributed by atoms with Crippen molar-refractivity contribution in [3.8, 4) is 0 Å². The largest absolute Gasteiger partial charge is 0.106 e. The summed E-state index contributed by atoms with van der Waals surface area (Å²) in [5.74, 6) is 0. The van der Waals surface area contributed by atoms with Crippen molar-refractivity contribution in [2.75, 3.05) is 0 Å². The molecule has 0 N–H and O–H groups in total. The van der Waals surface area contributed by atoms with Crippen LogP contribution in [0.2, 0.25) is 0 Å². The lowest BCUT2D eigenvalue weighted by molar-refractivity contribution is 1.09. The van der Waals surface area contributed by atoms with Gasteiger partial charge in [-0.25, -0.2) is 0 Å². The maximum Gasteiger partial charge on any atom is -0.0395 e. The third-order valence-electron chi connectivity index (χ3n) is 1.43. The minimum Gasteiger partial charge on any atom is -0.106 e. The second-order valence-electron chi connectivity index (χ2n) is 2.79. The molecule has 0 heterocycles. The Hall–Kier alpha value is -1.04. The molecule has 0 atom stereocenters. The summed E-state index contributed by atoms with van der Waals surface area (Å²) < 4.78 is 0. The molecule has 0 saturated heterocycles. The summed E-state index contributed by atoms with van der Waals surface area (Å²) in [7, 11) is 0. The summed E-state index contributed by atoms with van der Waals surface area (Å²) in [4.78, 5) is 0. The first-order valence-corrected chi connectivity index (χ1v) is 4.74. The van der Waals surface area contributed by atoms with Crippen molar-refractivity contribution in [3.63, 3.8) is 0 Å². The Balaban J connectivity index is 0. The van der Waals surface area contributed by atoms with E-state index in [1.54, 1.807) is 0 Å². The second-order valence-corrected chi connectivity index (χ2v) is 2.79. The summed E-state index contributed by atoms with van der Waals surface area (Å²) in [6.07, 6.45) is 1.25. The summed E-state index contributed by atoms with van der Waals surface area (Å²) in [5.41, 5.74) is 2.74. The van der Waals surface area contributed by atoms with Gasteiger partial charge in [-0.3, -0.25) is 0 Å². The van der Waals surface area contributed by atoms with E-state index < -0.39 is 0 Å². The van der Waals surface area contributed by atoms with Crippen LogP contribution in [0, 0.1) is 13.8 Å². The molecule has 1 aromatic rings. The molecule has 0 unspecified atom stereocenters. The highest BCUT2D eigenvalue weighted by atomic mass is 13.9. The number of benzene rings is 1. The molecule has 0 heteroatoms. The zero-order valence-electron chi connectivity index (χ0n) is 9.43. The van der Waals surface area contributed by atoms with Crippen molar-refractivity contribution in [2.24, 2.45) is 0 Å². The summed E-state index contributed by atoms with van der Waals surface area (Å²) >= 11 is 0. The Bertz CT molecular complexity index is 180. The highest BCUT2D eigenvalue weighted by Gasteiger charge is 1.83. The minimum atomic E-state index is 1.25. The summed E-state index contributed by atoms with van der Waals surface area (Å²) in [5, 5.41) is 0.